The lowest BCUT2D eigenvalue weighted by Crippen LogP contribution is -2.06. The zero-order valence-electron chi connectivity index (χ0n) is 13.0. The Morgan fingerprint density at radius 3 is 2.52 bits per heavy atom. The molecule has 2 aromatic rings. The molecule has 1 aromatic heterocycles. The molecule has 5 nitrogen and oxygen atoms in total. The molecule has 112 valence electrons. The maximum atomic E-state index is 5.38. The Balaban J connectivity index is 2.25. The van der Waals surface area contributed by atoms with Crippen molar-refractivity contribution in [2.24, 2.45) is 0 Å². The molecular weight excluding hydrogens is 264 g/mol. The maximum Gasteiger partial charge on any atom is 0.158 e. The summed E-state index contributed by atoms with van der Waals surface area (Å²) in [7, 11) is 1.84. The van der Waals surface area contributed by atoms with Crippen LogP contribution >= 0.6 is 0 Å². The first-order valence-corrected chi connectivity index (χ1v) is 7.10. The van der Waals surface area contributed by atoms with Gasteiger partial charge < -0.3 is 15.4 Å². The van der Waals surface area contributed by atoms with E-state index in [1.54, 1.807) is 0 Å². The topological polar surface area (TPSA) is 59.1 Å². The number of benzene rings is 1. The Bertz CT molecular complexity index is 613. The molecule has 0 fully saturated rings. The molecule has 0 unspecified atom stereocenters. The lowest BCUT2D eigenvalue weighted by atomic mass is 10.1. The van der Waals surface area contributed by atoms with Crippen LogP contribution in [-0.4, -0.2) is 23.6 Å². The molecule has 0 amide bonds. The fraction of sp³-hybridized carbons (Fsp3) is 0.375. The molecule has 1 aromatic carbocycles. The van der Waals surface area contributed by atoms with Crippen LogP contribution in [0.2, 0.25) is 0 Å². The van der Waals surface area contributed by atoms with E-state index >= 15 is 0 Å². The summed E-state index contributed by atoms with van der Waals surface area (Å²) in [5.41, 5.74) is 3.48. The molecule has 0 aliphatic carbocycles. The van der Waals surface area contributed by atoms with Crippen LogP contribution in [0.5, 0.6) is 0 Å². The highest BCUT2D eigenvalue weighted by atomic mass is 16.5. The van der Waals surface area contributed by atoms with Crippen molar-refractivity contribution in [3.63, 3.8) is 0 Å². The maximum absolute atomic E-state index is 5.38. The van der Waals surface area contributed by atoms with Gasteiger partial charge in [-0.3, -0.25) is 0 Å². The van der Waals surface area contributed by atoms with Crippen LogP contribution < -0.4 is 10.6 Å². The molecule has 1 heterocycles. The van der Waals surface area contributed by atoms with Crippen molar-refractivity contribution in [3.05, 3.63) is 41.2 Å². The first-order valence-electron chi connectivity index (χ1n) is 7.10. The van der Waals surface area contributed by atoms with Gasteiger partial charge in [-0.2, -0.15) is 0 Å². The van der Waals surface area contributed by atoms with Crippen LogP contribution in [-0.2, 0) is 11.3 Å². The Labute approximate surface area is 125 Å². The molecule has 0 saturated heterocycles. The van der Waals surface area contributed by atoms with Crippen molar-refractivity contribution < 1.29 is 4.74 Å². The highest BCUT2D eigenvalue weighted by Crippen LogP contribution is 2.21. The van der Waals surface area contributed by atoms with E-state index in [0.717, 1.165) is 17.3 Å². The number of aryl methyl sites for hydroxylation is 2. The zero-order valence-corrected chi connectivity index (χ0v) is 13.0. The lowest BCUT2D eigenvalue weighted by Gasteiger charge is -2.12. The van der Waals surface area contributed by atoms with Crippen molar-refractivity contribution in [3.8, 4) is 0 Å². The van der Waals surface area contributed by atoms with Gasteiger partial charge >= 0.3 is 0 Å². The molecule has 0 spiro atoms. The molecule has 0 aliphatic rings. The molecule has 5 heteroatoms. The van der Waals surface area contributed by atoms with E-state index in [2.05, 4.69) is 52.6 Å². The predicted molar refractivity (Wildman–Crippen MR) is 86.1 cm³/mol. The zero-order chi connectivity index (χ0) is 15.2. The van der Waals surface area contributed by atoms with Gasteiger partial charge in [0.05, 0.1) is 0 Å². The summed E-state index contributed by atoms with van der Waals surface area (Å²) in [4.78, 5) is 8.87. The van der Waals surface area contributed by atoms with E-state index in [9.17, 15) is 0 Å². The molecule has 0 aliphatic heterocycles. The standard InChI is InChI=1S/C16H22N4O/c1-5-21-10-16-19-14(17-4)9-15(20-16)18-13-7-6-11(2)8-12(13)3/h6-9H,5,10H2,1-4H3,(H2,17,18,19,20). The van der Waals surface area contributed by atoms with Crippen molar-refractivity contribution in [1.82, 2.24) is 9.97 Å². The molecule has 0 bridgehead atoms. The van der Waals surface area contributed by atoms with Gasteiger partial charge in [0.15, 0.2) is 5.82 Å². The second-order valence-corrected chi connectivity index (χ2v) is 4.89. The molecule has 0 radical (unpaired) electrons. The van der Waals surface area contributed by atoms with Gasteiger partial charge in [0.25, 0.3) is 0 Å². The Morgan fingerprint density at radius 2 is 1.86 bits per heavy atom. The SMILES string of the molecule is CCOCc1nc(NC)cc(Nc2ccc(C)cc2C)n1. The largest absolute Gasteiger partial charge is 0.374 e. The van der Waals surface area contributed by atoms with Crippen molar-refractivity contribution in [2.75, 3.05) is 24.3 Å². The van der Waals surface area contributed by atoms with E-state index in [-0.39, 0.29) is 0 Å². The average molecular weight is 286 g/mol. The summed E-state index contributed by atoms with van der Waals surface area (Å²) >= 11 is 0. The van der Waals surface area contributed by atoms with E-state index < -0.39 is 0 Å². The highest BCUT2D eigenvalue weighted by molar-refractivity contribution is 5.62. The number of aromatic nitrogens is 2. The Hall–Kier alpha value is -2.14. The number of rotatable bonds is 6. The normalized spacial score (nSPS) is 10.5. The van der Waals surface area contributed by atoms with E-state index in [4.69, 9.17) is 4.74 Å². The molecule has 0 atom stereocenters. The number of anilines is 3. The molecule has 2 N–H and O–H groups in total. The predicted octanol–water partition coefficient (Wildman–Crippen LogP) is 3.42. The summed E-state index contributed by atoms with van der Waals surface area (Å²) in [5, 5.41) is 6.39. The first kappa shape index (κ1) is 15.3. The summed E-state index contributed by atoms with van der Waals surface area (Å²) in [5.74, 6) is 2.19. The van der Waals surface area contributed by atoms with Crippen LogP contribution in [0, 0.1) is 13.8 Å². The van der Waals surface area contributed by atoms with E-state index in [0.29, 0.717) is 19.0 Å². The van der Waals surface area contributed by atoms with Crippen LogP contribution in [0.15, 0.2) is 24.3 Å². The van der Waals surface area contributed by atoms with Crippen LogP contribution in [0.3, 0.4) is 0 Å². The minimum Gasteiger partial charge on any atom is -0.374 e. The first-order chi connectivity index (χ1) is 10.1. The molecular formula is C16H22N4O. The fourth-order valence-electron chi connectivity index (χ4n) is 2.04. The monoisotopic (exact) mass is 286 g/mol. The number of hydrogen-bond acceptors (Lipinski definition) is 5. The highest BCUT2D eigenvalue weighted by Gasteiger charge is 2.06. The molecule has 21 heavy (non-hydrogen) atoms. The second kappa shape index (κ2) is 7.04. The second-order valence-electron chi connectivity index (χ2n) is 4.89. The van der Waals surface area contributed by atoms with Crippen molar-refractivity contribution in [1.29, 1.82) is 0 Å². The van der Waals surface area contributed by atoms with Crippen LogP contribution in [0.1, 0.15) is 23.9 Å². The van der Waals surface area contributed by atoms with Gasteiger partial charge in [0.2, 0.25) is 0 Å². The van der Waals surface area contributed by atoms with Gasteiger partial charge in [-0.05, 0) is 32.4 Å². The summed E-state index contributed by atoms with van der Waals surface area (Å²) in [6, 6.07) is 8.17. The lowest BCUT2D eigenvalue weighted by molar-refractivity contribution is 0.128. The fourth-order valence-corrected chi connectivity index (χ4v) is 2.04. The van der Waals surface area contributed by atoms with Gasteiger partial charge in [0, 0.05) is 25.4 Å². The quantitative estimate of drug-likeness (QED) is 0.852. The number of hydrogen-bond donors (Lipinski definition) is 2. The van der Waals surface area contributed by atoms with E-state index in [1.807, 2.05) is 20.0 Å². The van der Waals surface area contributed by atoms with Gasteiger partial charge in [0.1, 0.15) is 18.2 Å². The van der Waals surface area contributed by atoms with Gasteiger partial charge in [-0.15, -0.1) is 0 Å². The van der Waals surface area contributed by atoms with Crippen molar-refractivity contribution in [2.45, 2.75) is 27.4 Å². The number of nitrogens with one attached hydrogen (secondary N) is 2. The summed E-state index contributed by atoms with van der Waals surface area (Å²) in [6.07, 6.45) is 0. The molecule has 0 saturated carbocycles. The average Bonchev–Trinajstić information content (AvgIpc) is 2.48. The molecule has 2 rings (SSSR count). The van der Waals surface area contributed by atoms with Crippen LogP contribution in [0.4, 0.5) is 17.3 Å². The van der Waals surface area contributed by atoms with E-state index in [1.165, 1.54) is 11.1 Å². The summed E-state index contributed by atoms with van der Waals surface area (Å²) in [6.45, 7) is 7.18. The third-order valence-electron chi connectivity index (χ3n) is 3.11. The Kier molecular flexibility index (Phi) is 5.11. The minimum atomic E-state index is 0.410. The van der Waals surface area contributed by atoms with Crippen molar-refractivity contribution >= 4 is 17.3 Å². The van der Waals surface area contributed by atoms with Crippen LogP contribution in [0.25, 0.3) is 0 Å². The minimum absolute atomic E-state index is 0.410. The third kappa shape index (κ3) is 4.16. The van der Waals surface area contributed by atoms with Gasteiger partial charge in [-0.25, -0.2) is 9.97 Å². The number of nitrogens with zero attached hydrogens (tertiary/aromatic N) is 2. The Morgan fingerprint density at radius 1 is 1.10 bits per heavy atom. The smallest absolute Gasteiger partial charge is 0.158 e. The van der Waals surface area contributed by atoms with Gasteiger partial charge in [-0.1, -0.05) is 17.7 Å². The number of ether oxygens (including phenoxy) is 1. The summed E-state index contributed by atoms with van der Waals surface area (Å²) < 4.78 is 5.38. The third-order valence-corrected chi connectivity index (χ3v) is 3.11.